The van der Waals surface area contributed by atoms with Crippen molar-refractivity contribution < 1.29 is 4.79 Å². The van der Waals surface area contributed by atoms with Gasteiger partial charge < -0.3 is 9.80 Å². The third kappa shape index (κ3) is 4.68. The van der Waals surface area contributed by atoms with Crippen LogP contribution in [0.5, 0.6) is 0 Å². The molecule has 0 radical (unpaired) electrons. The molecule has 3 heterocycles. The first-order valence-corrected chi connectivity index (χ1v) is 10.8. The number of hydrogen-bond acceptors (Lipinski definition) is 4. The van der Waals surface area contributed by atoms with Gasteiger partial charge in [-0.05, 0) is 69.6 Å². The van der Waals surface area contributed by atoms with Crippen LogP contribution >= 0.6 is 0 Å². The number of aromatic nitrogens is 1. The Labute approximate surface area is 174 Å². The van der Waals surface area contributed by atoms with Crippen LogP contribution < -0.4 is 0 Å². The Morgan fingerprint density at radius 3 is 2.48 bits per heavy atom. The molecule has 1 aromatic heterocycles. The second kappa shape index (κ2) is 9.06. The van der Waals surface area contributed by atoms with E-state index in [0.29, 0.717) is 17.6 Å². The number of amides is 1. The Hall–Kier alpha value is -2.24. The fraction of sp³-hybridized carbons (Fsp3) is 0.500. The molecule has 1 aromatic carbocycles. The van der Waals surface area contributed by atoms with Crippen LogP contribution in [0.2, 0.25) is 0 Å². The minimum Gasteiger partial charge on any atom is -0.338 e. The van der Waals surface area contributed by atoms with Crippen molar-refractivity contribution in [2.75, 3.05) is 33.7 Å². The highest BCUT2D eigenvalue weighted by molar-refractivity contribution is 5.93. The molecule has 5 nitrogen and oxygen atoms in total. The summed E-state index contributed by atoms with van der Waals surface area (Å²) in [6.45, 7) is 3.83. The van der Waals surface area contributed by atoms with Crippen LogP contribution in [0.4, 0.5) is 0 Å². The largest absolute Gasteiger partial charge is 0.338 e. The molecule has 4 rings (SSSR count). The first-order valence-electron chi connectivity index (χ1n) is 10.8. The van der Waals surface area contributed by atoms with Gasteiger partial charge in [0.15, 0.2) is 0 Å². The van der Waals surface area contributed by atoms with Crippen LogP contribution in [0.15, 0.2) is 48.8 Å². The number of piperidine rings is 1. The van der Waals surface area contributed by atoms with Crippen LogP contribution in [0.3, 0.4) is 0 Å². The molecular formula is C24H32N4O. The number of nitrogens with zero attached hydrogens (tertiary/aromatic N) is 4. The summed E-state index contributed by atoms with van der Waals surface area (Å²) in [6.07, 6.45) is 8.00. The van der Waals surface area contributed by atoms with Crippen LogP contribution in [-0.2, 0) is 6.54 Å². The van der Waals surface area contributed by atoms with Gasteiger partial charge >= 0.3 is 0 Å². The lowest BCUT2D eigenvalue weighted by Crippen LogP contribution is -2.46. The van der Waals surface area contributed by atoms with Gasteiger partial charge in [0.25, 0.3) is 5.91 Å². The Balaban J connectivity index is 1.37. The number of benzene rings is 1. The number of hydrogen-bond donors (Lipinski definition) is 0. The van der Waals surface area contributed by atoms with E-state index in [1.807, 2.05) is 17.0 Å². The molecule has 2 saturated heterocycles. The van der Waals surface area contributed by atoms with Crippen LogP contribution in [0.1, 0.15) is 53.2 Å². The minimum atomic E-state index is 0.117. The molecular weight excluding hydrogens is 360 g/mol. The monoisotopic (exact) mass is 392 g/mol. The van der Waals surface area contributed by atoms with Crippen molar-refractivity contribution in [3.63, 3.8) is 0 Å². The fourth-order valence-electron chi connectivity index (χ4n) is 4.87. The Kier molecular flexibility index (Phi) is 6.26. The fourth-order valence-corrected chi connectivity index (χ4v) is 4.87. The molecule has 29 heavy (non-hydrogen) atoms. The second-order valence-electron chi connectivity index (χ2n) is 8.64. The first kappa shape index (κ1) is 20.0. The topological polar surface area (TPSA) is 39.7 Å². The summed E-state index contributed by atoms with van der Waals surface area (Å²) in [4.78, 5) is 23.7. The van der Waals surface area contributed by atoms with Crippen LogP contribution in [0, 0.1) is 0 Å². The molecule has 2 aromatic rings. The van der Waals surface area contributed by atoms with Gasteiger partial charge in [-0.1, -0.05) is 24.3 Å². The van der Waals surface area contributed by atoms with E-state index in [0.717, 1.165) is 32.5 Å². The zero-order valence-corrected chi connectivity index (χ0v) is 17.6. The molecule has 0 bridgehead atoms. The molecule has 2 aliphatic heterocycles. The molecule has 0 N–H and O–H groups in total. The number of rotatable bonds is 5. The summed E-state index contributed by atoms with van der Waals surface area (Å²) in [5.41, 5.74) is 3.51. The van der Waals surface area contributed by atoms with Crippen molar-refractivity contribution in [1.29, 1.82) is 0 Å². The Bertz CT molecular complexity index is 797. The van der Waals surface area contributed by atoms with Gasteiger partial charge in [0.2, 0.25) is 0 Å². The average Bonchev–Trinajstić information content (AvgIpc) is 3.24. The van der Waals surface area contributed by atoms with Gasteiger partial charge in [-0.15, -0.1) is 0 Å². The van der Waals surface area contributed by atoms with Crippen LogP contribution in [-0.4, -0.2) is 65.4 Å². The van der Waals surface area contributed by atoms with Crippen molar-refractivity contribution in [3.8, 4) is 0 Å². The van der Waals surface area contributed by atoms with Crippen molar-refractivity contribution >= 4 is 5.91 Å². The van der Waals surface area contributed by atoms with E-state index in [1.165, 1.54) is 30.5 Å². The van der Waals surface area contributed by atoms with Gasteiger partial charge in [0.05, 0.1) is 5.56 Å². The summed E-state index contributed by atoms with van der Waals surface area (Å²) < 4.78 is 0. The highest BCUT2D eigenvalue weighted by Gasteiger charge is 2.34. The van der Waals surface area contributed by atoms with E-state index in [1.54, 1.807) is 12.4 Å². The van der Waals surface area contributed by atoms with E-state index < -0.39 is 0 Å². The van der Waals surface area contributed by atoms with Crippen molar-refractivity contribution in [2.24, 2.45) is 0 Å². The van der Waals surface area contributed by atoms with Gasteiger partial charge in [-0.25, -0.2) is 0 Å². The van der Waals surface area contributed by atoms with Crippen LogP contribution in [0.25, 0.3) is 0 Å². The molecule has 0 spiro atoms. The van der Waals surface area contributed by atoms with E-state index in [2.05, 4.69) is 53.1 Å². The maximum atomic E-state index is 12.7. The molecule has 0 saturated carbocycles. The number of pyridine rings is 1. The first-order chi connectivity index (χ1) is 14.1. The predicted molar refractivity (Wildman–Crippen MR) is 116 cm³/mol. The molecule has 154 valence electrons. The number of carbonyl (C=O) groups is 1. The zero-order valence-electron chi connectivity index (χ0n) is 17.6. The number of carbonyl (C=O) groups excluding carboxylic acids is 1. The maximum absolute atomic E-state index is 12.7. The third-order valence-corrected chi connectivity index (χ3v) is 6.29. The summed E-state index contributed by atoms with van der Waals surface area (Å²) in [5, 5.41) is 0. The highest BCUT2D eigenvalue weighted by atomic mass is 16.2. The standard InChI is InChI=1S/C24H32N4O/c1-26(2)18-19-7-9-20(10-8-19)23-6-4-14-28(23)22-11-15-27(16-12-22)24(29)21-5-3-13-25-17-21/h3,5,7-10,13,17,22-23H,4,6,11-12,14-16,18H2,1-2H3. The van der Waals surface area contributed by atoms with Crippen molar-refractivity contribution in [1.82, 2.24) is 19.7 Å². The summed E-state index contributed by atoms with van der Waals surface area (Å²) in [7, 11) is 4.22. The lowest BCUT2D eigenvalue weighted by molar-refractivity contribution is 0.0600. The summed E-state index contributed by atoms with van der Waals surface area (Å²) in [6, 6.07) is 14.0. The zero-order chi connectivity index (χ0) is 20.2. The maximum Gasteiger partial charge on any atom is 0.255 e. The highest BCUT2D eigenvalue weighted by Crippen LogP contribution is 2.36. The molecule has 1 unspecified atom stereocenters. The second-order valence-corrected chi connectivity index (χ2v) is 8.64. The van der Waals surface area contributed by atoms with E-state index in [4.69, 9.17) is 0 Å². The lowest BCUT2D eigenvalue weighted by atomic mass is 9.98. The quantitative estimate of drug-likeness (QED) is 0.780. The summed E-state index contributed by atoms with van der Waals surface area (Å²) >= 11 is 0. The molecule has 1 amide bonds. The number of likely N-dealkylation sites (tertiary alicyclic amines) is 2. The average molecular weight is 393 g/mol. The van der Waals surface area contributed by atoms with Gasteiger partial charge in [-0.2, -0.15) is 0 Å². The Morgan fingerprint density at radius 2 is 1.83 bits per heavy atom. The van der Waals surface area contributed by atoms with Gasteiger partial charge in [-0.3, -0.25) is 14.7 Å². The molecule has 2 fully saturated rings. The van der Waals surface area contributed by atoms with E-state index >= 15 is 0 Å². The third-order valence-electron chi connectivity index (χ3n) is 6.29. The normalized spacial score (nSPS) is 21.1. The minimum absolute atomic E-state index is 0.117. The van der Waals surface area contributed by atoms with Gasteiger partial charge in [0.1, 0.15) is 0 Å². The molecule has 2 aliphatic rings. The van der Waals surface area contributed by atoms with Gasteiger partial charge in [0, 0.05) is 44.1 Å². The van der Waals surface area contributed by atoms with Crippen molar-refractivity contribution in [3.05, 3.63) is 65.5 Å². The smallest absolute Gasteiger partial charge is 0.255 e. The van der Waals surface area contributed by atoms with E-state index in [9.17, 15) is 4.79 Å². The lowest BCUT2D eigenvalue weighted by Gasteiger charge is -2.39. The summed E-state index contributed by atoms with van der Waals surface area (Å²) in [5.74, 6) is 0.117. The SMILES string of the molecule is CN(C)Cc1ccc(C2CCCN2C2CCN(C(=O)c3cccnc3)CC2)cc1. The Morgan fingerprint density at radius 1 is 1.07 bits per heavy atom. The van der Waals surface area contributed by atoms with E-state index in [-0.39, 0.29) is 5.91 Å². The van der Waals surface area contributed by atoms with Crippen molar-refractivity contribution in [2.45, 2.75) is 44.3 Å². The predicted octanol–water partition coefficient (Wildman–Crippen LogP) is 3.58. The molecule has 0 aliphatic carbocycles. The molecule has 1 atom stereocenters. The molecule has 5 heteroatoms.